The van der Waals surface area contributed by atoms with Gasteiger partial charge in [0.25, 0.3) is 10.0 Å². The molecule has 3 rings (SSSR count). The fraction of sp³-hybridized carbons (Fsp3) is 0.316. The van der Waals surface area contributed by atoms with Crippen LogP contribution in [0.3, 0.4) is 0 Å². The summed E-state index contributed by atoms with van der Waals surface area (Å²) < 4.78 is 37.9. The maximum absolute atomic E-state index is 12.6. The van der Waals surface area contributed by atoms with Crippen molar-refractivity contribution in [2.45, 2.75) is 24.8 Å². The van der Waals surface area contributed by atoms with Gasteiger partial charge >= 0.3 is 6.09 Å². The Kier molecular flexibility index (Phi) is 5.55. The number of nitrogens with zero attached hydrogens (tertiary/aromatic N) is 1. The van der Waals surface area contributed by atoms with E-state index < -0.39 is 10.0 Å². The summed E-state index contributed by atoms with van der Waals surface area (Å²) in [6, 6.07) is 11.6. The van der Waals surface area contributed by atoms with E-state index in [0.29, 0.717) is 37.6 Å². The van der Waals surface area contributed by atoms with Gasteiger partial charge in [0.1, 0.15) is 5.75 Å². The van der Waals surface area contributed by atoms with Crippen LogP contribution in [0, 0.1) is 0 Å². The zero-order chi connectivity index (χ0) is 19.4. The first kappa shape index (κ1) is 19.0. The normalized spacial score (nSPS) is 13.6. The molecule has 0 atom stereocenters. The van der Waals surface area contributed by atoms with E-state index in [1.807, 2.05) is 13.0 Å². The number of methoxy groups -OCH3 is 1. The first-order valence-electron chi connectivity index (χ1n) is 8.63. The minimum Gasteiger partial charge on any atom is -0.494 e. The second-order valence-electron chi connectivity index (χ2n) is 6.13. The largest absolute Gasteiger partial charge is 0.494 e. The number of rotatable bonds is 5. The highest BCUT2D eigenvalue weighted by molar-refractivity contribution is 7.92. The van der Waals surface area contributed by atoms with Gasteiger partial charge in [-0.25, -0.2) is 13.2 Å². The van der Waals surface area contributed by atoms with E-state index in [4.69, 9.17) is 9.47 Å². The third kappa shape index (κ3) is 4.33. The third-order valence-electron chi connectivity index (χ3n) is 4.35. The minimum atomic E-state index is -3.72. The Hall–Kier alpha value is -2.74. The number of amides is 1. The van der Waals surface area contributed by atoms with Gasteiger partial charge in [-0.3, -0.25) is 4.72 Å². The fourth-order valence-electron chi connectivity index (χ4n) is 3.00. The van der Waals surface area contributed by atoms with Crippen LogP contribution in [0.2, 0.25) is 0 Å². The van der Waals surface area contributed by atoms with Crippen molar-refractivity contribution >= 4 is 21.8 Å². The van der Waals surface area contributed by atoms with Gasteiger partial charge in [0.2, 0.25) is 0 Å². The van der Waals surface area contributed by atoms with E-state index in [1.54, 1.807) is 29.2 Å². The second kappa shape index (κ2) is 7.87. The number of carbonyl (C=O) groups is 1. The lowest BCUT2D eigenvalue weighted by molar-refractivity contribution is 0.118. The van der Waals surface area contributed by atoms with E-state index in [-0.39, 0.29) is 11.0 Å². The summed E-state index contributed by atoms with van der Waals surface area (Å²) in [6.45, 7) is 3.35. The molecule has 0 bridgehead atoms. The zero-order valence-corrected chi connectivity index (χ0v) is 16.1. The van der Waals surface area contributed by atoms with E-state index >= 15 is 0 Å². The molecular weight excluding hydrogens is 368 g/mol. The Balaban J connectivity index is 1.78. The minimum absolute atomic E-state index is 0.153. The zero-order valence-electron chi connectivity index (χ0n) is 15.3. The van der Waals surface area contributed by atoms with Crippen molar-refractivity contribution < 1.29 is 22.7 Å². The van der Waals surface area contributed by atoms with Gasteiger partial charge < -0.3 is 14.4 Å². The van der Waals surface area contributed by atoms with Crippen molar-refractivity contribution in [2.24, 2.45) is 0 Å². The topological polar surface area (TPSA) is 84.9 Å². The number of anilines is 1. The molecular formula is C19H22N2O5S. The molecule has 144 valence electrons. The van der Waals surface area contributed by atoms with Crippen molar-refractivity contribution in [1.29, 1.82) is 0 Å². The van der Waals surface area contributed by atoms with Gasteiger partial charge in [-0.2, -0.15) is 0 Å². The van der Waals surface area contributed by atoms with Crippen molar-refractivity contribution in [3.05, 3.63) is 53.6 Å². The van der Waals surface area contributed by atoms with E-state index in [1.165, 1.54) is 19.2 Å². The average molecular weight is 390 g/mol. The molecule has 0 aliphatic carbocycles. The molecule has 0 spiro atoms. The maximum Gasteiger partial charge on any atom is 0.409 e. The number of hydrogen-bond donors (Lipinski definition) is 1. The van der Waals surface area contributed by atoms with Gasteiger partial charge in [-0.1, -0.05) is 6.07 Å². The lowest BCUT2D eigenvalue weighted by Crippen LogP contribution is -2.35. The summed E-state index contributed by atoms with van der Waals surface area (Å²) in [7, 11) is -2.37. The Labute approximate surface area is 158 Å². The maximum atomic E-state index is 12.6. The molecule has 1 amide bonds. The number of fused-ring (bicyclic) bond motifs is 1. The summed E-state index contributed by atoms with van der Waals surface area (Å²) in [6.07, 6.45) is 0.317. The van der Waals surface area contributed by atoms with Crippen molar-refractivity contribution in [1.82, 2.24) is 4.90 Å². The number of carbonyl (C=O) groups excluding carboxylic acids is 1. The highest BCUT2D eigenvalue weighted by Crippen LogP contribution is 2.25. The van der Waals surface area contributed by atoms with Crippen LogP contribution >= 0.6 is 0 Å². The summed E-state index contributed by atoms with van der Waals surface area (Å²) >= 11 is 0. The standard InChI is InChI=1S/C19H22N2O5S/c1-3-26-17-6-8-18(9-7-17)27(23,24)20-16-5-4-14-10-11-21(19(22)25-2)13-15(14)12-16/h4-9,12,20H,3,10-11,13H2,1-2H3. The van der Waals surface area contributed by atoms with Crippen LogP contribution in [-0.2, 0) is 27.7 Å². The molecule has 2 aromatic rings. The highest BCUT2D eigenvalue weighted by atomic mass is 32.2. The summed E-state index contributed by atoms with van der Waals surface area (Å²) in [4.78, 5) is 13.5. The van der Waals surface area contributed by atoms with Crippen molar-refractivity contribution in [3.8, 4) is 5.75 Å². The first-order chi connectivity index (χ1) is 12.9. The Morgan fingerprint density at radius 2 is 1.89 bits per heavy atom. The quantitative estimate of drug-likeness (QED) is 0.848. The molecule has 0 fully saturated rings. The van der Waals surface area contributed by atoms with Gasteiger partial charge in [-0.05, 0) is 60.9 Å². The number of sulfonamides is 1. The Morgan fingerprint density at radius 3 is 2.56 bits per heavy atom. The van der Waals surface area contributed by atoms with Crippen LogP contribution < -0.4 is 9.46 Å². The number of hydrogen-bond acceptors (Lipinski definition) is 5. The van der Waals surface area contributed by atoms with Gasteiger partial charge in [0.05, 0.1) is 18.6 Å². The summed E-state index contributed by atoms with van der Waals surface area (Å²) in [5.74, 6) is 0.619. The molecule has 0 saturated carbocycles. The van der Waals surface area contributed by atoms with Crippen LogP contribution in [0.15, 0.2) is 47.4 Å². The summed E-state index contributed by atoms with van der Waals surface area (Å²) in [5, 5.41) is 0. The predicted octanol–water partition coefficient (Wildman–Crippen LogP) is 3.01. The molecule has 1 aliphatic rings. The van der Waals surface area contributed by atoms with E-state index in [2.05, 4.69) is 4.72 Å². The molecule has 27 heavy (non-hydrogen) atoms. The van der Waals surface area contributed by atoms with E-state index in [0.717, 1.165) is 11.1 Å². The van der Waals surface area contributed by atoms with Crippen LogP contribution in [0.1, 0.15) is 18.1 Å². The molecule has 0 unspecified atom stereocenters. The Bertz CT molecular complexity index is 926. The van der Waals surface area contributed by atoms with Crippen LogP contribution in [0.4, 0.5) is 10.5 Å². The lowest BCUT2D eigenvalue weighted by atomic mass is 9.99. The van der Waals surface area contributed by atoms with Crippen LogP contribution in [0.5, 0.6) is 5.75 Å². The van der Waals surface area contributed by atoms with Crippen LogP contribution in [-0.4, -0.2) is 39.7 Å². The monoisotopic (exact) mass is 390 g/mol. The number of benzene rings is 2. The van der Waals surface area contributed by atoms with Crippen molar-refractivity contribution in [3.63, 3.8) is 0 Å². The molecule has 0 radical (unpaired) electrons. The molecule has 1 heterocycles. The van der Waals surface area contributed by atoms with E-state index in [9.17, 15) is 13.2 Å². The van der Waals surface area contributed by atoms with Gasteiger partial charge in [-0.15, -0.1) is 0 Å². The molecule has 0 aromatic heterocycles. The highest BCUT2D eigenvalue weighted by Gasteiger charge is 2.22. The molecule has 0 saturated heterocycles. The first-order valence-corrected chi connectivity index (χ1v) is 10.1. The molecule has 8 heteroatoms. The number of nitrogens with one attached hydrogen (secondary N) is 1. The third-order valence-corrected chi connectivity index (χ3v) is 5.75. The van der Waals surface area contributed by atoms with Crippen LogP contribution in [0.25, 0.3) is 0 Å². The predicted molar refractivity (Wildman–Crippen MR) is 101 cm³/mol. The van der Waals surface area contributed by atoms with Gasteiger partial charge in [0, 0.05) is 18.8 Å². The molecule has 7 nitrogen and oxygen atoms in total. The van der Waals surface area contributed by atoms with Crippen molar-refractivity contribution in [2.75, 3.05) is 25.0 Å². The Morgan fingerprint density at radius 1 is 1.15 bits per heavy atom. The summed E-state index contributed by atoms with van der Waals surface area (Å²) in [5.41, 5.74) is 2.45. The smallest absolute Gasteiger partial charge is 0.409 e. The SMILES string of the molecule is CCOc1ccc(S(=O)(=O)Nc2ccc3c(c2)CN(C(=O)OC)CC3)cc1. The van der Waals surface area contributed by atoms with Gasteiger partial charge in [0.15, 0.2) is 0 Å². The average Bonchev–Trinajstić information content (AvgIpc) is 2.67. The molecule has 1 N–H and O–H groups in total. The second-order valence-corrected chi connectivity index (χ2v) is 7.82. The molecule has 2 aromatic carbocycles. The fourth-order valence-corrected chi connectivity index (χ4v) is 4.05. The number of ether oxygens (including phenoxy) is 2. The molecule has 1 aliphatic heterocycles. The lowest BCUT2D eigenvalue weighted by Gasteiger charge is -2.28.